The fraction of sp³-hybridized carbons (Fsp3) is 0.133. The van der Waals surface area contributed by atoms with E-state index in [2.05, 4.69) is 5.32 Å². The van der Waals surface area contributed by atoms with Crippen LogP contribution in [0.1, 0.15) is 6.92 Å². The summed E-state index contributed by atoms with van der Waals surface area (Å²) in [6, 6.07) is 10.8. The van der Waals surface area contributed by atoms with Crippen molar-refractivity contribution in [3.05, 3.63) is 54.3 Å². The van der Waals surface area contributed by atoms with Crippen molar-refractivity contribution >= 4 is 21.6 Å². The highest BCUT2D eigenvalue weighted by molar-refractivity contribution is 7.89. The second kappa shape index (κ2) is 6.76. The zero-order chi connectivity index (χ0) is 17.0. The highest BCUT2D eigenvalue weighted by atomic mass is 32.2. The Bertz CT molecular complexity index is 806. The highest BCUT2D eigenvalue weighted by Crippen LogP contribution is 2.16. The van der Waals surface area contributed by atoms with Crippen molar-refractivity contribution in [1.82, 2.24) is 0 Å². The maximum atomic E-state index is 13.1. The molecule has 0 radical (unpaired) electrons. The number of carbonyl (C=O) groups excluding carboxylic acids is 1. The molecule has 2 rings (SSSR count). The van der Waals surface area contributed by atoms with Gasteiger partial charge in [-0.2, -0.15) is 0 Å². The van der Waals surface area contributed by atoms with Gasteiger partial charge in [0.1, 0.15) is 11.6 Å². The lowest BCUT2D eigenvalue weighted by Crippen LogP contribution is -2.30. The number of benzene rings is 2. The second-order valence-corrected chi connectivity index (χ2v) is 6.34. The zero-order valence-corrected chi connectivity index (χ0v) is 13.0. The van der Waals surface area contributed by atoms with Crippen molar-refractivity contribution < 1.29 is 22.3 Å². The molecule has 6 nitrogen and oxygen atoms in total. The molecule has 1 amide bonds. The Morgan fingerprint density at radius 2 is 1.87 bits per heavy atom. The Morgan fingerprint density at radius 3 is 2.43 bits per heavy atom. The van der Waals surface area contributed by atoms with Gasteiger partial charge < -0.3 is 10.1 Å². The van der Waals surface area contributed by atoms with Crippen LogP contribution in [-0.2, 0) is 14.8 Å². The van der Waals surface area contributed by atoms with Crippen LogP contribution in [0.5, 0.6) is 5.75 Å². The maximum absolute atomic E-state index is 13.1. The second-order valence-electron chi connectivity index (χ2n) is 4.78. The molecule has 3 N–H and O–H groups in total. The third-order valence-corrected chi connectivity index (χ3v) is 3.86. The van der Waals surface area contributed by atoms with Gasteiger partial charge >= 0.3 is 0 Å². The number of nitrogens with one attached hydrogen (secondary N) is 1. The third-order valence-electron chi connectivity index (χ3n) is 2.93. The van der Waals surface area contributed by atoms with E-state index in [1.807, 2.05) is 0 Å². The van der Waals surface area contributed by atoms with Crippen molar-refractivity contribution in [2.75, 3.05) is 5.32 Å². The summed E-state index contributed by atoms with van der Waals surface area (Å²) in [6.45, 7) is 1.51. The number of sulfonamides is 1. The summed E-state index contributed by atoms with van der Waals surface area (Å²) in [5.74, 6) is -0.691. The van der Waals surface area contributed by atoms with E-state index in [0.29, 0.717) is 5.69 Å². The Labute approximate surface area is 133 Å². The van der Waals surface area contributed by atoms with Gasteiger partial charge in [0.25, 0.3) is 5.91 Å². The standard InChI is InChI=1S/C15H15FN2O4S/c1-10(22-13-4-2-3-11(16)9-13)15(19)18-12-5-7-14(8-6-12)23(17,20)21/h2-10H,1H3,(H,18,19)(H2,17,20,21)/t10-/m0/s1. The van der Waals surface area contributed by atoms with E-state index in [0.717, 1.165) is 0 Å². The van der Waals surface area contributed by atoms with Gasteiger partial charge in [0.2, 0.25) is 10.0 Å². The van der Waals surface area contributed by atoms with E-state index in [-0.39, 0.29) is 10.6 Å². The summed E-state index contributed by atoms with van der Waals surface area (Å²) in [4.78, 5) is 12.0. The lowest BCUT2D eigenvalue weighted by molar-refractivity contribution is -0.122. The first-order valence-corrected chi connectivity index (χ1v) is 8.16. The summed E-state index contributed by atoms with van der Waals surface area (Å²) in [6.07, 6.45) is -0.866. The smallest absolute Gasteiger partial charge is 0.265 e. The number of hydrogen-bond acceptors (Lipinski definition) is 4. The van der Waals surface area contributed by atoms with Crippen LogP contribution in [0.25, 0.3) is 0 Å². The van der Waals surface area contributed by atoms with Crippen LogP contribution < -0.4 is 15.2 Å². The van der Waals surface area contributed by atoms with E-state index in [1.54, 1.807) is 0 Å². The zero-order valence-electron chi connectivity index (χ0n) is 12.2. The van der Waals surface area contributed by atoms with Gasteiger partial charge in [-0.1, -0.05) is 6.07 Å². The first kappa shape index (κ1) is 16.9. The number of carbonyl (C=O) groups is 1. The maximum Gasteiger partial charge on any atom is 0.265 e. The summed E-state index contributed by atoms with van der Waals surface area (Å²) < 4.78 is 40.7. The highest BCUT2D eigenvalue weighted by Gasteiger charge is 2.15. The lowest BCUT2D eigenvalue weighted by atomic mass is 10.3. The molecule has 0 aliphatic heterocycles. The van der Waals surface area contributed by atoms with Gasteiger partial charge in [0.05, 0.1) is 4.90 Å². The van der Waals surface area contributed by atoms with E-state index in [4.69, 9.17) is 9.88 Å². The van der Waals surface area contributed by atoms with Crippen LogP contribution in [-0.4, -0.2) is 20.4 Å². The fourth-order valence-corrected chi connectivity index (χ4v) is 2.29. The quantitative estimate of drug-likeness (QED) is 0.869. The largest absolute Gasteiger partial charge is 0.481 e. The molecule has 23 heavy (non-hydrogen) atoms. The summed E-state index contributed by atoms with van der Waals surface area (Å²) in [5.41, 5.74) is 0.386. The molecule has 0 unspecified atom stereocenters. The van der Waals surface area contributed by atoms with Crippen molar-refractivity contribution in [2.45, 2.75) is 17.9 Å². The summed E-state index contributed by atoms with van der Waals surface area (Å²) >= 11 is 0. The van der Waals surface area contributed by atoms with Crippen molar-refractivity contribution in [1.29, 1.82) is 0 Å². The fourth-order valence-electron chi connectivity index (χ4n) is 1.77. The molecule has 0 saturated carbocycles. The van der Waals surface area contributed by atoms with Gasteiger partial charge in [-0.15, -0.1) is 0 Å². The van der Waals surface area contributed by atoms with Crippen molar-refractivity contribution in [3.8, 4) is 5.75 Å². The molecule has 2 aromatic rings. The van der Waals surface area contributed by atoms with Crippen LogP contribution in [0.15, 0.2) is 53.4 Å². The third kappa shape index (κ3) is 4.76. The average molecular weight is 338 g/mol. The molecule has 0 spiro atoms. The minimum Gasteiger partial charge on any atom is -0.481 e. The van der Waals surface area contributed by atoms with E-state index in [9.17, 15) is 17.6 Å². The Morgan fingerprint density at radius 1 is 1.22 bits per heavy atom. The summed E-state index contributed by atoms with van der Waals surface area (Å²) in [7, 11) is -3.78. The molecule has 0 aliphatic rings. The molecule has 0 fully saturated rings. The topological polar surface area (TPSA) is 98.5 Å². The number of rotatable bonds is 5. The first-order valence-electron chi connectivity index (χ1n) is 6.61. The number of ether oxygens (including phenoxy) is 1. The van der Waals surface area contributed by atoms with E-state index in [1.165, 1.54) is 55.5 Å². The van der Waals surface area contributed by atoms with Crippen LogP contribution in [0, 0.1) is 5.82 Å². The molecular weight excluding hydrogens is 323 g/mol. The van der Waals surface area contributed by atoms with Crippen LogP contribution in [0.3, 0.4) is 0 Å². The molecule has 2 aromatic carbocycles. The normalized spacial score (nSPS) is 12.5. The Kier molecular flexibility index (Phi) is 4.97. The Balaban J connectivity index is 2.01. The molecule has 1 atom stereocenters. The molecule has 0 saturated heterocycles. The van der Waals surface area contributed by atoms with Crippen molar-refractivity contribution in [3.63, 3.8) is 0 Å². The van der Waals surface area contributed by atoms with Crippen LogP contribution in [0.4, 0.5) is 10.1 Å². The number of anilines is 1. The minimum absolute atomic E-state index is 0.0560. The molecule has 0 aromatic heterocycles. The Hall–Kier alpha value is -2.45. The predicted molar refractivity (Wildman–Crippen MR) is 82.9 cm³/mol. The molecule has 8 heteroatoms. The van der Waals surface area contributed by atoms with Crippen LogP contribution >= 0.6 is 0 Å². The number of halogens is 1. The van der Waals surface area contributed by atoms with Crippen LogP contribution in [0.2, 0.25) is 0 Å². The SMILES string of the molecule is C[C@H](Oc1cccc(F)c1)C(=O)Nc1ccc(S(N)(=O)=O)cc1. The molecule has 0 bridgehead atoms. The molecule has 0 aliphatic carbocycles. The van der Waals surface area contributed by atoms with Gasteiger partial charge in [-0.25, -0.2) is 17.9 Å². The van der Waals surface area contributed by atoms with Gasteiger partial charge in [-0.05, 0) is 43.3 Å². The van der Waals surface area contributed by atoms with Gasteiger partial charge in [0, 0.05) is 11.8 Å². The van der Waals surface area contributed by atoms with E-state index < -0.39 is 27.9 Å². The number of nitrogens with two attached hydrogens (primary N) is 1. The van der Waals surface area contributed by atoms with E-state index >= 15 is 0 Å². The monoisotopic (exact) mass is 338 g/mol. The molecule has 122 valence electrons. The number of primary sulfonamides is 1. The molecule has 0 heterocycles. The number of hydrogen-bond donors (Lipinski definition) is 2. The van der Waals surface area contributed by atoms with Gasteiger partial charge in [-0.3, -0.25) is 4.79 Å². The minimum atomic E-state index is -3.78. The first-order chi connectivity index (χ1) is 10.8. The van der Waals surface area contributed by atoms with Gasteiger partial charge in [0.15, 0.2) is 6.10 Å². The lowest BCUT2D eigenvalue weighted by Gasteiger charge is -2.15. The number of amides is 1. The predicted octanol–water partition coefficient (Wildman–Crippen LogP) is 1.88. The molecular formula is C15H15FN2O4S. The average Bonchev–Trinajstić information content (AvgIpc) is 2.46. The van der Waals surface area contributed by atoms with Crippen molar-refractivity contribution in [2.24, 2.45) is 5.14 Å². The summed E-state index contributed by atoms with van der Waals surface area (Å²) in [5, 5.41) is 7.55.